The Morgan fingerprint density at radius 1 is 1.13 bits per heavy atom. The largest absolute Gasteiger partial charge is 0.361 e. The molecule has 8 nitrogen and oxygen atoms in total. The lowest BCUT2D eigenvalue weighted by molar-refractivity contribution is -0.124. The van der Waals surface area contributed by atoms with Crippen molar-refractivity contribution < 1.29 is 14.8 Å². The molecule has 2 heterocycles. The first kappa shape index (κ1) is 25.5. The fourth-order valence-electron chi connectivity index (χ4n) is 5.37. The van der Waals surface area contributed by atoms with Gasteiger partial charge in [-0.15, -0.1) is 0 Å². The summed E-state index contributed by atoms with van der Waals surface area (Å²) in [5, 5.41) is 9.99. The summed E-state index contributed by atoms with van der Waals surface area (Å²) < 4.78 is 0. The van der Waals surface area contributed by atoms with Crippen LogP contribution in [0.2, 0.25) is 0 Å². The second-order valence-electron chi connectivity index (χ2n) is 10.00. The van der Waals surface area contributed by atoms with Gasteiger partial charge in [-0.1, -0.05) is 36.4 Å². The number of benzene rings is 2. The number of aryl methyl sites for hydroxylation is 1. The van der Waals surface area contributed by atoms with Gasteiger partial charge in [-0.2, -0.15) is 0 Å². The highest BCUT2D eigenvalue weighted by molar-refractivity contribution is 5.92. The Morgan fingerprint density at radius 3 is 2.79 bits per heavy atom. The van der Waals surface area contributed by atoms with E-state index in [-0.39, 0.29) is 11.9 Å². The molecule has 0 saturated heterocycles. The molecule has 2 amide bonds. The number of fused-ring (bicyclic) bond motifs is 2. The summed E-state index contributed by atoms with van der Waals surface area (Å²) in [6.45, 7) is 1.56. The number of nitrogens with zero attached hydrogens (tertiary/aromatic N) is 2. The van der Waals surface area contributed by atoms with Crippen molar-refractivity contribution in [3.63, 3.8) is 0 Å². The van der Waals surface area contributed by atoms with Gasteiger partial charge in [0.15, 0.2) is 0 Å². The van der Waals surface area contributed by atoms with E-state index < -0.39 is 5.91 Å². The van der Waals surface area contributed by atoms with Gasteiger partial charge in [0.25, 0.3) is 11.8 Å². The van der Waals surface area contributed by atoms with E-state index in [1.807, 2.05) is 24.3 Å². The third-order valence-corrected chi connectivity index (χ3v) is 7.29. The summed E-state index contributed by atoms with van der Waals surface area (Å²) in [6, 6.07) is 18.8. The van der Waals surface area contributed by atoms with E-state index in [0.717, 1.165) is 42.6 Å². The van der Waals surface area contributed by atoms with E-state index in [1.165, 1.54) is 28.2 Å². The van der Waals surface area contributed by atoms with Crippen molar-refractivity contribution in [3.8, 4) is 0 Å². The van der Waals surface area contributed by atoms with Crippen LogP contribution in [0, 0.1) is 0 Å². The van der Waals surface area contributed by atoms with Crippen LogP contribution in [0.25, 0.3) is 17.0 Å². The summed E-state index contributed by atoms with van der Waals surface area (Å²) in [4.78, 5) is 34.6. The van der Waals surface area contributed by atoms with Crippen molar-refractivity contribution in [2.45, 2.75) is 31.8 Å². The number of aromatic nitrogens is 2. The number of hydrogen-bond donors (Lipinski definition) is 4. The highest BCUT2D eigenvalue weighted by atomic mass is 16.5. The number of para-hydroxylation sites is 1. The van der Waals surface area contributed by atoms with Crippen molar-refractivity contribution in [2.75, 3.05) is 20.6 Å². The summed E-state index contributed by atoms with van der Waals surface area (Å²) in [5.74, 6) is -0.590. The molecule has 196 valence electrons. The molecular formula is C30H33N5O3. The minimum absolute atomic E-state index is 0.0386. The Balaban J connectivity index is 1.40. The summed E-state index contributed by atoms with van der Waals surface area (Å²) in [7, 11) is 3.51. The second-order valence-corrected chi connectivity index (χ2v) is 10.00. The Bertz CT molecular complexity index is 1480. The average molecular weight is 512 g/mol. The highest BCUT2D eigenvalue weighted by Gasteiger charge is 2.28. The molecule has 0 saturated carbocycles. The molecule has 5 rings (SSSR count). The molecule has 2 aromatic carbocycles. The van der Waals surface area contributed by atoms with Crippen LogP contribution in [0.5, 0.6) is 0 Å². The van der Waals surface area contributed by atoms with Crippen LogP contribution in [-0.2, 0) is 24.2 Å². The van der Waals surface area contributed by atoms with Gasteiger partial charge in [0, 0.05) is 62.1 Å². The molecule has 1 aliphatic carbocycles. The molecule has 0 fully saturated rings. The molecule has 0 aliphatic heterocycles. The van der Waals surface area contributed by atoms with Crippen LogP contribution in [0.4, 0.5) is 0 Å². The molecule has 0 bridgehead atoms. The van der Waals surface area contributed by atoms with Crippen LogP contribution in [0.15, 0.2) is 66.9 Å². The third kappa shape index (κ3) is 5.41. The number of rotatable bonds is 9. The fourth-order valence-corrected chi connectivity index (χ4v) is 5.37. The van der Waals surface area contributed by atoms with Crippen molar-refractivity contribution >= 4 is 28.8 Å². The number of hydrogen-bond acceptors (Lipinski definition) is 4. The zero-order valence-corrected chi connectivity index (χ0v) is 21.7. The van der Waals surface area contributed by atoms with Gasteiger partial charge in [0.2, 0.25) is 0 Å². The van der Waals surface area contributed by atoms with Crippen LogP contribution < -0.4 is 5.48 Å². The molecule has 4 aromatic rings. The molecule has 1 aliphatic rings. The van der Waals surface area contributed by atoms with Crippen LogP contribution >= 0.6 is 0 Å². The lowest BCUT2D eigenvalue weighted by atomic mass is 10.0. The number of H-pyrrole nitrogens is 2. The van der Waals surface area contributed by atoms with Crippen LogP contribution in [0.3, 0.4) is 0 Å². The summed E-state index contributed by atoms with van der Waals surface area (Å²) >= 11 is 0. The standard InChI is InChI=1S/C30H33N5O3/c1-34(2)30(37)27-12-10-23(32-27)19-35(16-15-22-18-31-26-6-4-3-5-24(22)26)28-13-9-21-17-20(7-11-25(21)28)8-14-29(36)33-38/h3-8,10-12,14,17-18,28,31-32,38H,9,13,15-16,19H2,1-2H3,(H,33,36). The minimum atomic E-state index is -0.551. The number of amides is 2. The molecule has 0 radical (unpaired) electrons. The molecular weight excluding hydrogens is 478 g/mol. The minimum Gasteiger partial charge on any atom is -0.361 e. The summed E-state index contributed by atoms with van der Waals surface area (Å²) in [6.07, 6.45) is 7.98. The normalized spacial score (nSPS) is 14.9. The van der Waals surface area contributed by atoms with Crippen molar-refractivity contribution in [1.82, 2.24) is 25.2 Å². The lowest BCUT2D eigenvalue weighted by Gasteiger charge is -2.29. The zero-order valence-electron chi connectivity index (χ0n) is 21.7. The zero-order chi connectivity index (χ0) is 26.6. The van der Waals surface area contributed by atoms with E-state index >= 15 is 0 Å². The number of aromatic amines is 2. The summed E-state index contributed by atoms with van der Waals surface area (Å²) in [5.41, 5.74) is 9.16. The monoisotopic (exact) mass is 511 g/mol. The maximum Gasteiger partial charge on any atom is 0.269 e. The second kappa shape index (κ2) is 11.1. The van der Waals surface area contributed by atoms with Crippen molar-refractivity contribution in [3.05, 3.63) is 101 Å². The molecule has 1 unspecified atom stereocenters. The maximum atomic E-state index is 12.4. The number of carbonyl (C=O) groups is 2. The molecule has 38 heavy (non-hydrogen) atoms. The van der Waals surface area contributed by atoms with Gasteiger partial charge < -0.3 is 14.9 Å². The smallest absolute Gasteiger partial charge is 0.269 e. The van der Waals surface area contributed by atoms with Gasteiger partial charge in [-0.25, -0.2) is 5.48 Å². The molecule has 2 aromatic heterocycles. The van der Waals surface area contributed by atoms with Gasteiger partial charge >= 0.3 is 0 Å². The van der Waals surface area contributed by atoms with Crippen molar-refractivity contribution in [1.29, 1.82) is 0 Å². The maximum absolute atomic E-state index is 12.4. The molecule has 4 N–H and O–H groups in total. The Hall–Kier alpha value is -4.14. The number of nitrogens with one attached hydrogen (secondary N) is 3. The Labute approximate surface area is 221 Å². The predicted octanol–water partition coefficient (Wildman–Crippen LogP) is 4.45. The highest BCUT2D eigenvalue weighted by Crippen LogP contribution is 2.37. The van der Waals surface area contributed by atoms with Gasteiger partial charge in [-0.3, -0.25) is 19.7 Å². The first-order valence-electron chi connectivity index (χ1n) is 12.9. The fraction of sp³-hybridized carbons (Fsp3) is 0.267. The van der Waals surface area contributed by atoms with E-state index in [9.17, 15) is 9.59 Å². The van der Waals surface area contributed by atoms with E-state index in [1.54, 1.807) is 30.6 Å². The third-order valence-electron chi connectivity index (χ3n) is 7.29. The topological polar surface area (TPSA) is 104 Å². The number of hydroxylamine groups is 1. The van der Waals surface area contributed by atoms with Crippen LogP contribution in [-0.4, -0.2) is 57.4 Å². The molecule has 8 heteroatoms. The SMILES string of the molecule is CN(C)C(=O)c1ccc(CN(CCc2c[nH]c3ccccc23)C2CCc3cc(C=CC(=O)NO)ccc32)[nH]1. The quantitative estimate of drug-likeness (QED) is 0.151. The first-order valence-corrected chi connectivity index (χ1v) is 12.9. The Morgan fingerprint density at radius 2 is 1.97 bits per heavy atom. The Kier molecular flexibility index (Phi) is 7.44. The molecule has 0 spiro atoms. The van der Waals surface area contributed by atoms with E-state index in [2.05, 4.69) is 51.4 Å². The van der Waals surface area contributed by atoms with Gasteiger partial charge in [0.1, 0.15) is 5.69 Å². The van der Waals surface area contributed by atoms with E-state index in [4.69, 9.17) is 5.21 Å². The first-order chi connectivity index (χ1) is 18.4. The predicted molar refractivity (Wildman–Crippen MR) is 148 cm³/mol. The van der Waals surface area contributed by atoms with Gasteiger partial charge in [0.05, 0.1) is 0 Å². The number of carbonyl (C=O) groups excluding carboxylic acids is 2. The average Bonchev–Trinajstić information content (AvgIpc) is 3.67. The van der Waals surface area contributed by atoms with Crippen LogP contribution in [0.1, 0.15) is 50.9 Å². The van der Waals surface area contributed by atoms with Crippen molar-refractivity contribution in [2.24, 2.45) is 0 Å². The lowest BCUT2D eigenvalue weighted by Crippen LogP contribution is -2.29. The molecule has 1 atom stereocenters. The van der Waals surface area contributed by atoms with E-state index in [0.29, 0.717) is 12.2 Å². The van der Waals surface area contributed by atoms with Gasteiger partial charge in [-0.05, 0) is 65.8 Å².